The van der Waals surface area contributed by atoms with E-state index >= 15 is 0 Å². The number of hydrogen-bond acceptors (Lipinski definition) is 8. The maximum atomic E-state index is 13.9. The number of nitrogens with one attached hydrogen (secondary N) is 1. The number of amides is 3. The van der Waals surface area contributed by atoms with E-state index in [1.54, 1.807) is 31.2 Å². The number of primary amides is 1. The Bertz CT molecular complexity index is 1220. The summed E-state index contributed by atoms with van der Waals surface area (Å²) in [4.78, 5) is 40.4. The lowest BCUT2D eigenvalue weighted by molar-refractivity contribution is -0.123. The first-order valence-electron chi connectivity index (χ1n) is 10.4. The minimum Gasteiger partial charge on any atom is -0.464 e. The molecule has 2 aromatic heterocycles. The summed E-state index contributed by atoms with van der Waals surface area (Å²) in [7, 11) is 1.52. The lowest BCUT2D eigenvalue weighted by Gasteiger charge is -2.31. The maximum Gasteiger partial charge on any atom is 0.273 e. The molecule has 34 heavy (non-hydrogen) atoms. The molecule has 2 heterocycles. The molecule has 0 saturated carbocycles. The molecular weight excluding hydrogens is 458 g/mol. The van der Waals surface area contributed by atoms with Crippen molar-refractivity contribution in [3.63, 3.8) is 0 Å². The Morgan fingerprint density at radius 2 is 1.94 bits per heavy atom. The van der Waals surface area contributed by atoms with Crippen LogP contribution < -0.4 is 21.7 Å². The van der Waals surface area contributed by atoms with Crippen LogP contribution >= 0.6 is 11.5 Å². The maximum absolute atomic E-state index is 13.9. The van der Waals surface area contributed by atoms with Gasteiger partial charge in [-0.1, -0.05) is 12.1 Å². The minimum atomic E-state index is -1.17. The summed E-state index contributed by atoms with van der Waals surface area (Å²) in [5, 5.41) is 2.78. The average molecular weight is 486 g/mol. The van der Waals surface area contributed by atoms with Gasteiger partial charge in [-0.25, -0.2) is 0 Å². The second kappa shape index (κ2) is 10.5. The first kappa shape index (κ1) is 24.9. The van der Waals surface area contributed by atoms with E-state index < -0.39 is 23.8 Å². The number of hydrogen-bond donors (Lipinski definition) is 3. The predicted octanol–water partition coefficient (Wildman–Crippen LogP) is 2.49. The molecular formula is C23H27N5O5S. The summed E-state index contributed by atoms with van der Waals surface area (Å²) in [6.07, 6.45) is 0. The predicted molar refractivity (Wildman–Crippen MR) is 129 cm³/mol. The summed E-state index contributed by atoms with van der Waals surface area (Å²) < 4.78 is 14.8. The number of benzene rings is 1. The second-order valence-electron chi connectivity index (χ2n) is 7.67. The molecule has 3 amide bonds. The van der Waals surface area contributed by atoms with Gasteiger partial charge in [-0.05, 0) is 61.6 Å². The van der Waals surface area contributed by atoms with Crippen molar-refractivity contribution in [2.45, 2.75) is 26.8 Å². The molecule has 0 bridgehead atoms. The number of aromatic nitrogens is 1. The first-order valence-corrected chi connectivity index (χ1v) is 11.2. The standard InChI is InChI=1S/C23H27N5O5S/c1-12-6-5-7-15(14(12)3)28(23(31)20-17(24)18(21(25)29)27-34-20)19(16-9-8-13(2)33-16)22(30)26-10-11-32-4/h5-9,19H,10-11,24H2,1-4H3,(H2,25,29)(H,26,30)/t19-/m1/s1. The van der Waals surface area contributed by atoms with Crippen molar-refractivity contribution in [1.82, 2.24) is 9.69 Å². The first-order chi connectivity index (χ1) is 16.2. The molecule has 180 valence electrons. The van der Waals surface area contributed by atoms with Crippen molar-refractivity contribution in [3.8, 4) is 0 Å². The number of nitrogens with two attached hydrogens (primary N) is 2. The largest absolute Gasteiger partial charge is 0.464 e. The SMILES string of the molecule is COCCNC(=O)[C@@H](c1ccc(C)o1)N(C(=O)c1snc(C(N)=O)c1N)c1cccc(C)c1C. The lowest BCUT2D eigenvalue weighted by Crippen LogP contribution is -2.45. The van der Waals surface area contributed by atoms with Crippen LogP contribution in [0.1, 0.15) is 48.8 Å². The van der Waals surface area contributed by atoms with E-state index in [2.05, 4.69) is 9.69 Å². The smallest absolute Gasteiger partial charge is 0.273 e. The van der Waals surface area contributed by atoms with Crippen LogP contribution in [0.3, 0.4) is 0 Å². The Labute approximate surface area is 201 Å². The lowest BCUT2D eigenvalue weighted by atomic mass is 10.0. The van der Waals surface area contributed by atoms with Crippen molar-refractivity contribution >= 4 is 40.6 Å². The van der Waals surface area contributed by atoms with Crippen LogP contribution in [-0.4, -0.2) is 42.4 Å². The highest BCUT2D eigenvalue weighted by atomic mass is 32.1. The van der Waals surface area contributed by atoms with Crippen LogP contribution in [0.25, 0.3) is 0 Å². The zero-order valence-electron chi connectivity index (χ0n) is 19.4. The third kappa shape index (κ3) is 4.95. The van der Waals surface area contributed by atoms with Crippen molar-refractivity contribution in [3.05, 3.63) is 63.6 Å². The molecule has 0 aliphatic carbocycles. The van der Waals surface area contributed by atoms with Crippen molar-refractivity contribution < 1.29 is 23.5 Å². The van der Waals surface area contributed by atoms with E-state index in [0.29, 0.717) is 11.4 Å². The third-order valence-corrected chi connectivity index (χ3v) is 6.20. The fourth-order valence-corrected chi connectivity index (χ4v) is 4.19. The molecule has 3 rings (SSSR count). The van der Waals surface area contributed by atoms with Gasteiger partial charge in [0.05, 0.1) is 12.3 Å². The fraction of sp³-hybridized carbons (Fsp3) is 0.304. The molecule has 0 aliphatic rings. The number of ether oxygens (including phenoxy) is 1. The van der Waals surface area contributed by atoms with Crippen LogP contribution in [0, 0.1) is 20.8 Å². The number of rotatable bonds is 9. The number of carbonyl (C=O) groups excluding carboxylic acids is 3. The van der Waals surface area contributed by atoms with Crippen molar-refractivity contribution in [2.75, 3.05) is 30.9 Å². The Morgan fingerprint density at radius 3 is 2.53 bits per heavy atom. The molecule has 10 nitrogen and oxygen atoms in total. The highest BCUT2D eigenvalue weighted by Crippen LogP contribution is 2.36. The Balaban J connectivity index is 2.21. The van der Waals surface area contributed by atoms with Gasteiger partial charge in [-0.3, -0.25) is 19.3 Å². The van der Waals surface area contributed by atoms with Gasteiger partial charge in [0.2, 0.25) is 0 Å². The van der Waals surface area contributed by atoms with E-state index in [1.165, 1.54) is 12.0 Å². The van der Waals surface area contributed by atoms with E-state index in [-0.39, 0.29) is 35.2 Å². The molecule has 0 radical (unpaired) electrons. The van der Waals surface area contributed by atoms with E-state index in [9.17, 15) is 14.4 Å². The van der Waals surface area contributed by atoms with Crippen LogP contribution in [0.2, 0.25) is 0 Å². The number of nitrogen functional groups attached to an aromatic ring is 1. The van der Waals surface area contributed by atoms with E-state index in [0.717, 1.165) is 22.7 Å². The number of nitrogens with zero attached hydrogens (tertiary/aromatic N) is 2. The van der Waals surface area contributed by atoms with Crippen LogP contribution in [-0.2, 0) is 9.53 Å². The third-order valence-electron chi connectivity index (χ3n) is 5.35. The van der Waals surface area contributed by atoms with Gasteiger partial charge < -0.3 is 25.9 Å². The van der Waals surface area contributed by atoms with E-state index in [1.807, 2.05) is 19.9 Å². The average Bonchev–Trinajstić information content (AvgIpc) is 3.39. The molecule has 11 heteroatoms. The van der Waals surface area contributed by atoms with Crippen molar-refractivity contribution in [2.24, 2.45) is 5.73 Å². The molecule has 3 aromatic rings. The van der Waals surface area contributed by atoms with Gasteiger partial charge >= 0.3 is 0 Å². The second-order valence-corrected chi connectivity index (χ2v) is 8.44. The number of aryl methyl sites for hydroxylation is 2. The highest BCUT2D eigenvalue weighted by molar-refractivity contribution is 7.09. The molecule has 5 N–H and O–H groups in total. The van der Waals surface area contributed by atoms with Gasteiger partial charge in [0, 0.05) is 19.3 Å². The van der Waals surface area contributed by atoms with E-state index in [4.69, 9.17) is 20.6 Å². The minimum absolute atomic E-state index is 0.00678. The summed E-state index contributed by atoms with van der Waals surface area (Å²) in [5.74, 6) is -1.09. The number of furan rings is 1. The molecule has 0 aliphatic heterocycles. The fourth-order valence-electron chi connectivity index (χ4n) is 3.45. The van der Waals surface area contributed by atoms with Crippen LogP contribution in [0.15, 0.2) is 34.7 Å². The number of methoxy groups -OCH3 is 1. The quantitative estimate of drug-likeness (QED) is 0.393. The zero-order valence-corrected chi connectivity index (χ0v) is 20.2. The Kier molecular flexibility index (Phi) is 7.69. The van der Waals surface area contributed by atoms with Crippen LogP contribution in [0.5, 0.6) is 0 Å². The van der Waals surface area contributed by atoms with Gasteiger partial charge in [-0.2, -0.15) is 4.37 Å². The molecule has 0 spiro atoms. The molecule has 1 aromatic carbocycles. The molecule has 1 atom stereocenters. The summed E-state index contributed by atoms with van der Waals surface area (Å²) in [5.41, 5.74) is 13.3. The summed E-state index contributed by atoms with van der Waals surface area (Å²) >= 11 is 0.747. The summed E-state index contributed by atoms with van der Waals surface area (Å²) in [6, 6.07) is 7.61. The molecule has 0 unspecified atom stereocenters. The van der Waals surface area contributed by atoms with Crippen molar-refractivity contribution in [1.29, 1.82) is 0 Å². The van der Waals surface area contributed by atoms with Gasteiger partial charge in [0.15, 0.2) is 11.7 Å². The van der Waals surface area contributed by atoms with Crippen LogP contribution in [0.4, 0.5) is 11.4 Å². The Morgan fingerprint density at radius 1 is 1.21 bits per heavy atom. The zero-order chi connectivity index (χ0) is 25.0. The molecule has 0 fully saturated rings. The Hall–Kier alpha value is -3.70. The number of carbonyl (C=O) groups is 3. The monoisotopic (exact) mass is 485 g/mol. The highest BCUT2D eigenvalue weighted by Gasteiger charge is 2.38. The van der Waals surface area contributed by atoms with Gasteiger partial charge in [0.25, 0.3) is 17.7 Å². The van der Waals surface area contributed by atoms with Gasteiger partial charge in [-0.15, -0.1) is 0 Å². The summed E-state index contributed by atoms with van der Waals surface area (Å²) in [6.45, 7) is 6.01. The topological polar surface area (TPSA) is 154 Å². The number of anilines is 2. The van der Waals surface area contributed by atoms with Gasteiger partial charge in [0.1, 0.15) is 16.4 Å². The normalized spacial score (nSPS) is 11.8. The molecule has 0 saturated heterocycles.